The minimum absolute atomic E-state index is 0.00126. The Bertz CT molecular complexity index is 714. The number of carboxylic acid groups (broad SMARTS) is 1. The van der Waals surface area contributed by atoms with Crippen LogP contribution >= 0.6 is 11.3 Å². The molecule has 2 rings (SSSR count). The lowest BCUT2D eigenvalue weighted by molar-refractivity contribution is -0.254. The van der Waals surface area contributed by atoms with Gasteiger partial charge in [-0.2, -0.15) is 0 Å². The molecule has 1 aromatic carbocycles. The maximum Gasteiger partial charge on any atom is 0.123 e. The van der Waals surface area contributed by atoms with Gasteiger partial charge in [0.2, 0.25) is 0 Å². The molecular weight excluding hydrogens is 310 g/mol. The Morgan fingerprint density at radius 1 is 1.30 bits per heavy atom. The first-order chi connectivity index (χ1) is 10.7. The molecule has 0 atom stereocenters. The summed E-state index contributed by atoms with van der Waals surface area (Å²) < 4.78 is 5.94. The van der Waals surface area contributed by atoms with Gasteiger partial charge in [-0.15, -0.1) is 11.3 Å². The van der Waals surface area contributed by atoms with Crippen LogP contribution < -0.4 is 9.84 Å². The number of carboxylic acids is 1. The summed E-state index contributed by atoms with van der Waals surface area (Å²) in [6, 6.07) is 6.18. The summed E-state index contributed by atoms with van der Waals surface area (Å²) in [6.45, 7) is 10.7. The molecule has 0 bridgehead atoms. The van der Waals surface area contributed by atoms with E-state index in [1.807, 2.05) is 12.1 Å². The Morgan fingerprint density at radius 2 is 2.00 bits per heavy atom. The molecule has 0 amide bonds. The number of carbonyl (C=O) groups is 1. The second-order valence-electron chi connectivity index (χ2n) is 6.66. The Morgan fingerprint density at radius 3 is 2.57 bits per heavy atom. The molecule has 23 heavy (non-hydrogen) atoms. The third kappa shape index (κ3) is 4.32. The number of benzene rings is 1. The van der Waals surface area contributed by atoms with E-state index in [1.165, 1.54) is 11.1 Å². The van der Waals surface area contributed by atoms with Crippen molar-refractivity contribution in [2.24, 2.45) is 0 Å². The molecule has 0 saturated carbocycles. The Balaban J connectivity index is 2.07. The molecule has 4 nitrogen and oxygen atoms in total. The Labute approximate surface area is 141 Å². The van der Waals surface area contributed by atoms with Crippen molar-refractivity contribution < 1.29 is 14.6 Å². The van der Waals surface area contributed by atoms with Crippen molar-refractivity contribution in [3.8, 4) is 5.75 Å². The highest BCUT2D eigenvalue weighted by atomic mass is 32.1. The predicted octanol–water partition coefficient (Wildman–Crippen LogP) is 3.04. The largest absolute Gasteiger partial charge is 0.544 e. The number of hydrogen-bond acceptors (Lipinski definition) is 5. The van der Waals surface area contributed by atoms with Gasteiger partial charge in [-0.05, 0) is 30.9 Å². The second-order valence-corrected chi connectivity index (χ2v) is 7.74. The average molecular weight is 332 g/mol. The molecule has 5 heteroatoms. The predicted molar refractivity (Wildman–Crippen MR) is 90.3 cm³/mol. The third-order valence-electron chi connectivity index (χ3n) is 3.54. The molecule has 0 unspecified atom stereocenters. The molecule has 2 aromatic rings. The molecule has 0 aliphatic carbocycles. The lowest BCUT2D eigenvalue weighted by atomic mass is 9.85. The minimum atomic E-state index is -1.17. The summed E-state index contributed by atoms with van der Waals surface area (Å²) >= 11 is 1.16. The number of thiazole rings is 1. The van der Waals surface area contributed by atoms with Gasteiger partial charge in [0, 0.05) is 6.42 Å². The van der Waals surface area contributed by atoms with Crippen LogP contribution in [0.4, 0.5) is 0 Å². The molecule has 0 aliphatic rings. The average Bonchev–Trinajstić information content (AvgIpc) is 2.80. The van der Waals surface area contributed by atoms with Crippen molar-refractivity contribution in [2.75, 3.05) is 6.61 Å². The molecule has 0 N–H and O–H groups in total. The molecule has 124 valence electrons. The van der Waals surface area contributed by atoms with Crippen molar-refractivity contribution in [3.63, 3.8) is 0 Å². The second kappa shape index (κ2) is 6.71. The molecular formula is C18H22NO3S-. The van der Waals surface area contributed by atoms with E-state index in [9.17, 15) is 9.90 Å². The van der Waals surface area contributed by atoms with Gasteiger partial charge in [0.1, 0.15) is 5.75 Å². The van der Waals surface area contributed by atoms with Crippen molar-refractivity contribution in [3.05, 3.63) is 44.9 Å². The van der Waals surface area contributed by atoms with E-state index in [2.05, 4.69) is 38.7 Å². The smallest absolute Gasteiger partial charge is 0.123 e. The van der Waals surface area contributed by atoms with E-state index in [0.29, 0.717) is 18.7 Å². The van der Waals surface area contributed by atoms with E-state index in [4.69, 9.17) is 4.74 Å². The monoisotopic (exact) mass is 332 g/mol. The number of aryl methyl sites for hydroxylation is 2. The van der Waals surface area contributed by atoms with Crippen LogP contribution in [0.15, 0.2) is 18.2 Å². The summed E-state index contributed by atoms with van der Waals surface area (Å²) in [6.07, 6.45) is 0.580. The Kier molecular flexibility index (Phi) is 5.09. The molecule has 0 aliphatic heterocycles. The maximum absolute atomic E-state index is 10.9. The van der Waals surface area contributed by atoms with Crippen LogP contribution in [0.1, 0.15) is 52.3 Å². The highest BCUT2D eigenvalue weighted by molar-refractivity contribution is 7.13. The molecule has 0 spiro atoms. The van der Waals surface area contributed by atoms with E-state index >= 15 is 0 Å². The van der Waals surface area contributed by atoms with Gasteiger partial charge < -0.3 is 14.6 Å². The van der Waals surface area contributed by atoms with Crippen molar-refractivity contribution in [2.45, 2.75) is 46.5 Å². The molecule has 0 radical (unpaired) electrons. The zero-order chi connectivity index (χ0) is 17.2. The normalized spacial score (nSPS) is 11.5. The quantitative estimate of drug-likeness (QED) is 0.844. The van der Waals surface area contributed by atoms with E-state index < -0.39 is 5.97 Å². The standard InChI is InChI=1S/C18H23NO3S/c1-11-6-7-14(13(10-11)18(3,4)5)22-9-8-15-19-12(2)16(23-15)17(20)21/h6-7,10H,8-9H2,1-5H3,(H,20,21)/p-1. The molecule has 1 heterocycles. The highest BCUT2D eigenvalue weighted by Crippen LogP contribution is 2.32. The van der Waals surface area contributed by atoms with E-state index in [1.54, 1.807) is 6.92 Å². The lowest BCUT2D eigenvalue weighted by Gasteiger charge is -2.23. The summed E-state index contributed by atoms with van der Waals surface area (Å²) in [4.78, 5) is 15.4. The number of aromatic nitrogens is 1. The number of carbonyl (C=O) groups excluding carboxylic acids is 1. The fraction of sp³-hybridized carbons (Fsp3) is 0.444. The number of rotatable bonds is 5. The van der Waals surface area contributed by atoms with E-state index in [0.717, 1.165) is 22.1 Å². The topological polar surface area (TPSA) is 62.2 Å². The summed E-state index contributed by atoms with van der Waals surface area (Å²) in [5.41, 5.74) is 2.89. The van der Waals surface area contributed by atoms with Crippen LogP contribution in [0.5, 0.6) is 5.75 Å². The fourth-order valence-corrected chi connectivity index (χ4v) is 3.23. The first kappa shape index (κ1) is 17.5. The SMILES string of the molecule is Cc1ccc(OCCc2nc(C)c(C(=O)[O-])s2)c(C(C)(C)C)c1. The van der Waals surface area contributed by atoms with Crippen molar-refractivity contribution in [1.82, 2.24) is 4.98 Å². The summed E-state index contributed by atoms with van der Waals surface area (Å²) in [5, 5.41) is 11.7. The van der Waals surface area contributed by atoms with Crippen LogP contribution in [-0.2, 0) is 11.8 Å². The van der Waals surface area contributed by atoms with Crippen LogP contribution in [0.2, 0.25) is 0 Å². The number of aromatic carboxylic acids is 1. The number of nitrogens with zero attached hydrogens (tertiary/aromatic N) is 1. The third-order valence-corrected chi connectivity index (χ3v) is 4.74. The van der Waals surface area contributed by atoms with Gasteiger partial charge in [0.15, 0.2) is 0 Å². The first-order valence-corrected chi connectivity index (χ1v) is 8.41. The van der Waals surface area contributed by atoms with Crippen LogP contribution in [0.3, 0.4) is 0 Å². The molecule has 0 fully saturated rings. The van der Waals surface area contributed by atoms with Gasteiger partial charge in [-0.1, -0.05) is 38.5 Å². The first-order valence-electron chi connectivity index (χ1n) is 7.60. The van der Waals surface area contributed by atoms with Crippen molar-refractivity contribution >= 4 is 17.3 Å². The fourth-order valence-electron chi connectivity index (χ4n) is 2.35. The Hall–Kier alpha value is -1.88. The zero-order valence-corrected chi connectivity index (χ0v) is 15.0. The summed E-state index contributed by atoms with van der Waals surface area (Å²) in [7, 11) is 0. The molecule has 0 saturated heterocycles. The van der Waals surface area contributed by atoms with Gasteiger partial charge in [-0.25, -0.2) is 4.98 Å². The summed E-state index contributed by atoms with van der Waals surface area (Å²) in [5.74, 6) is -0.294. The molecule has 1 aromatic heterocycles. The minimum Gasteiger partial charge on any atom is -0.544 e. The van der Waals surface area contributed by atoms with Crippen LogP contribution in [0, 0.1) is 13.8 Å². The zero-order valence-electron chi connectivity index (χ0n) is 14.2. The van der Waals surface area contributed by atoms with Gasteiger partial charge in [0.25, 0.3) is 0 Å². The van der Waals surface area contributed by atoms with Crippen LogP contribution in [0.25, 0.3) is 0 Å². The van der Waals surface area contributed by atoms with Crippen LogP contribution in [-0.4, -0.2) is 17.6 Å². The van der Waals surface area contributed by atoms with Crippen molar-refractivity contribution in [1.29, 1.82) is 0 Å². The number of hydrogen-bond donors (Lipinski definition) is 0. The van der Waals surface area contributed by atoms with Gasteiger partial charge >= 0.3 is 0 Å². The number of ether oxygens (including phenoxy) is 1. The van der Waals surface area contributed by atoms with E-state index in [-0.39, 0.29) is 10.3 Å². The lowest BCUT2D eigenvalue weighted by Crippen LogP contribution is -2.21. The van der Waals surface area contributed by atoms with Gasteiger partial charge in [-0.3, -0.25) is 0 Å². The van der Waals surface area contributed by atoms with Gasteiger partial charge in [0.05, 0.1) is 28.2 Å². The maximum atomic E-state index is 10.9. The highest BCUT2D eigenvalue weighted by Gasteiger charge is 2.19.